The minimum Gasteiger partial charge on any atom is -0.384 e. The molecule has 0 saturated carbocycles. The van der Waals surface area contributed by atoms with Crippen LogP contribution in [0.3, 0.4) is 0 Å². The van der Waals surface area contributed by atoms with E-state index in [4.69, 9.17) is 0 Å². The number of benzene rings is 1. The monoisotopic (exact) mass is 146 g/mol. The van der Waals surface area contributed by atoms with Gasteiger partial charge in [-0.2, -0.15) is 0 Å². The molecule has 1 aliphatic rings. The summed E-state index contributed by atoms with van der Waals surface area (Å²) in [7, 11) is 0. The third-order valence-electron chi connectivity index (χ3n) is 2.25. The van der Waals surface area contributed by atoms with Crippen LogP contribution in [0, 0.1) is 6.92 Å². The molecule has 1 aromatic carbocycles. The van der Waals surface area contributed by atoms with Gasteiger partial charge in [-0.15, -0.1) is 0 Å². The van der Waals surface area contributed by atoms with Crippen LogP contribution in [0.2, 0.25) is 0 Å². The summed E-state index contributed by atoms with van der Waals surface area (Å²) in [5, 5.41) is 3.33. The van der Waals surface area contributed by atoms with Crippen molar-refractivity contribution in [2.75, 3.05) is 11.9 Å². The van der Waals surface area contributed by atoms with Gasteiger partial charge in [0.25, 0.3) is 0 Å². The van der Waals surface area contributed by atoms with Crippen molar-refractivity contribution in [3.8, 4) is 0 Å². The first kappa shape index (κ1) is 6.71. The summed E-state index contributed by atoms with van der Waals surface area (Å²) in [6, 6.07) is 8.36. The first-order valence-electron chi connectivity index (χ1n) is 3.89. The molecule has 1 heteroatoms. The van der Waals surface area contributed by atoms with E-state index in [-0.39, 0.29) is 5.41 Å². The van der Waals surface area contributed by atoms with Crippen LogP contribution in [0.5, 0.6) is 0 Å². The molecule has 1 atom stereocenters. The molecule has 1 radical (unpaired) electrons. The van der Waals surface area contributed by atoms with Gasteiger partial charge in [-0.25, -0.2) is 0 Å². The zero-order valence-corrected chi connectivity index (χ0v) is 6.72. The fourth-order valence-corrected chi connectivity index (χ4v) is 1.55. The maximum Gasteiger partial charge on any atom is 0.0379 e. The second-order valence-corrected chi connectivity index (χ2v) is 3.46. The lowest BCUT2D eigenvalue weighted by Gasteiger charge is -2.15. The molecule has 0 aliphatic carbocycles. The molecule has 0 spiro atoms. The van der Waals surface area contributed by atoms with Crippen LogP contribution in [0.15, 0.2) is 24.3 Å². The number of anilines is 1. The minimum atomic E-state index is 0.0661. The molecule has 0 aromatic heterocycles. The topological polar surface area (TPSA) is 12.0 Å². The van der Waals surface area contributed by atoms with E-state index in [1.54, 1.807) is 0 Å². The highest BCUT2D eigenvalue weighted by Gasteiger charge is 2.28. The van der Waals surface area contributed by atoms with Crippen molar-refractivity contribution in [3.63, 3.8) is 0 Å². The Labute approximate surface area is 67.4 Å². The Balaban J connectivity index is 2.56. The van der Waals surface area contributed by atoms with Crippen LogP contribution in [0.25, 0.3) is 0 Å². The molecule has 2 rings (SSSR count). The van der Waals surface area contributed by atoms with Gasteiger partial charge in [-0.3, -0.25) is 0 Å². The van der Waals surface area contributed by atoms with Crippen molar-refractivity contribution in [1.82, 2.24) is 0 Å². The normalized spacial score (nSPS) is 19.1. The Morgan fingerprint density at radius 1 is 1.45 bits per heavy atom. The molecule has 0 saturated heterocycles. The molecule has 1 heterocycles. The van der Waals surface area contributed by atoms with E-state index in [1.165, 1.54) is 11.3 Å². The Morgan fingerprint density at radius 2 is 2.18 bits per heavy atom. The lowest BCUT2D eigenvalue weighted by Crippen LogP contribution is -2.19. The molecule has 1 aromatic rings. The second-order valence-electron chi connectivity index (χ2n) is 3.46. The van der Waals surface area contributed by atoms with Crippen LogP contribution in [-0.2, 0) is 5.41 Å². The summed E-state index contributed by atoms with van der Waals surface area (Å²) in [6.45, 7) is 7.26. The largest absolute Gasteiger partial charge is 0.384 e. The van der Waals surface area contributed by atoms with Crippen molar-refractivity contribution >= 4 is 5.69 Å². The number of nitrogens with one attached hydrogen (secondary N) is 1. The van der Waals surface area contributed by atoms with Crippen LogP contribution in [0.1, 0.15) is 12.5 Å². The summed E-state index contributed by atoms with van der Waals surface area (Å²) in [5.74, 6) is 0. The zero-order chi connectivity index (χ0) is 7.90. The highest BCUT2D eigenvalue weighted by atomic mass is 14.9. The Kier molecular flexibility index (Phi) is 1.22. The van der Waals surface area contributed by atoms with Gasteiger partial charge in [-0.05, 0) is 18.6 Å². The predicted octanol–water partition coefficient (Wildman–Crippen LogP) is 2.20. The third kappa shape index (κ3) is 0.917. The van der Waals surface area contributed by atoms with Gasteiger partial charge in [0.1, 0.15) is 0 Å². The summed E-state index contributed by atoms with van der Waals surface area (Å²) in [4.78, 5) is 0. The fraction of sp³-hybridized carbons (Fsp3) is 0.300. The van der Waals surface area contributed by atoms with Crippen LogP contribution in [-0.4, -0.2) is 6.54 Å². The average molecular weight is 146 g/mol. The fourth-order valence-electron chi connectivity index (χ4n) is 1.55. The molecule has 1 unspecified atom stereocenters. The number of rotatable bonds is 0. The van der Waals surface area contributed by atoms with Gasteiger partial charge >= 0.3 is 0 Å². The Bertz CT molecular complexity index is 276. The summed E-state index contributed by atoms with van der Waals surface area (Å²) < 4.78 is 0. The van der Waals surface area contributed by atoms with E-state index < -0.39 is 0 Å². The van der Waals surface area contributed by atoms with Gasteiger partial charge in [0.05, 0.1) is 0 Å². The predicted molar refractivity (Wildman–Crippen MR) is 47.6 cm³/mol. The molecule has 0 bridgehead atoms. The average Bonchev–Trinajstić information content (AvgIpc) is 2.29. The van der Waals surface area contributed by atoms with Crippen LogP contribution in [0.4, 0.5) is 5.69 Å². The van der Waals surface area contributed by atoms with Crippen LogP contribution < -0.4 is 5.32 Å². The van der Waals surface area contributed by atoms with E-state index in [9.17, 15) is 0 Å². The molecule has 1 N–H and O–H groups in total. The van der Waals surface area contributed by atoms with E-state index in [0.29, 0.717) is 0 Å². The smallest absolute Gasteiger partial charge is 0.0379 e. The van der Waals surface area contributed by atoms with Crippen molar-refractivity contribution in [1.29, 1.82) is 0 Å². The van der Waals surface area contributed by atoms with Crippen molar-refractivity contribution in [3.05, 3.63) is 36.8 Å². The van der Waals surface area contributed by atoms with E-state index in [1.807, 2.05) is 6.07 Å². The van der Waals surface area contributed by atoms with Gasteiger partial charge < -0.3 is 5.32 Å². The van der Waals surface area contributed by atoms with Gasteiger partial charge in [0, 0.05) is 17.6 Å². The summed E-state index contributed by atoms with van der Waals surface area (Å²) >= 11 is 0. The first-order chi connectivity index (χ1) is 5.20. The van der Waals surface area contributed by atoms with Gasteiger partial charge in [-0.1, -0.05) is 25.1 Å². The van der Waals surface area contributed by atoms with E-state index in [0.717, 1.165) is 6.54 Å². The lowest BCUT2D eigenvalue weighted by atomic mass is 9.87. The SMILES string of the molecule is [CH2]C1(C)CNc2ccccc21. The maximum absolute atomic E-state index is 4.15. The number of para-hydroxylation sites is 1. The summed E-state index contributed by atoms with van der Waals surface area (Å²) in [5.41, 5.74) is 2.64. The Morgan fingerprint density at radius 3 is 2.91 bits per heavy atom. The van der Waals surface area contributed by atoms with E-state index in [2.05, 4.69) is 37.4 Å². The lowest BCUT2D eigenvalue weighted by molar-refractivity contribution is 0.659. The summed E-state index contributed by atoms with van der Waals surface area (Å²) in [6.07, 6.45) is 0. The molecule has 0 amide bonds. The zero-order valence-electron chi connectivity index (χ0n) is 6.72. The quantitative estimate of drug-likeness (QED) is 0.591. The minimum absolute atomic E-state index is 0.0661. The maximum atomic E-state index is 4.15. The molecule has 1 aliphatic heterocycles. The molecule has 11 heavy (non-hydrogen) atoms. The molecular formula is C10H12N. The number of fused-ring (bicyclic) bond motifs is 1. The van der Waals surface area contributed by atoms with Crippen molar-refractivity contribution < 1.29 is 0 Å². The Hall–Kier alpha value is -0.980. The molecule has 57 valence electrons. The number of hydrogen-bond acceptors (Lipinski definition) is 1. The highest BCUT2D eigenvalue weighted by molar-refractivity contribution is 5.60. The number of hydrogen-bond donors (Lipinski definition) is 1. The molecule has 1 nitrogen and oxygen atoms in total. The second kappa shape index (κ2) is 2.00. The highest BCUT2D eigenvalue weighted by Crippen LogP contribution is 2.34. The van der Waals surface area contributed by atoms with Crippen molar-refractivity contribution in [2.45, 2.75) is 12.3 Å². The van der Waals surface area contributed by atoms with Gasteiger partial charge in [0.2, 0.25) is 0 Å². The van der Waals surface area contributed by atoms with E-state index >= 15 is 0 Å². The van der Waals surface area contributed by atoms with Crippen LogP contribution >= 0.6 is 0 Å². The molecule has 0 fully saturated rings. The van der Waals surface area contributed by atoms with Gasteiger partial charge in [0.15, 0.2) is 0 Å². The first-order valence-corrected chi connectivity index (χ1v) is 3.89. The van der Waals surface area contributed by atoms with Crippen molar-refractivity contribution in [2.24, 2.45) is 0 Å². The molecular weight excluding hydrogens is 134 g/mol. The third-order valence-corrected chi connectivity index (χ3v) is 2.25. The standard InChI is InChI=1S/C10H12N/c1-10(2)7-11-9-6-4-3-5-8(9)10/h3-6,11H,1,7H2,2H3.